The number of aromatic nitrogens is 2. The van der Waals surface area contributed by atoms with Crippen LogP contribution in [0, 0.1) is 5.92 Å². The van der Waals surface area contributed by atoms with Crippen LogP contribution in [0.1, 0.15) is 49.9 Å². The molecule has 0 fully saturated rings. The Morgan fingerprint density at radius 3 is 2.52 bits per heavy atom. The van der Waals surface area contributed by atoms with Crippen LogP contribution in [-0.4, -0.2) is 39.2 Å². The summed E-state index contributed by atoms with van der Waals surface area (Å²) in [4.78, 5) is 24.4. The van der Waals surface area contributed by atoms with E-state index in [9.17, 15) is 9.90 Å². The van der Waals surface area contributed by atoms with E-state index in [-0.39, 0.29) is 5.56 Å². The van der Waals surface area contributed by atoms with E-state index in [1.165, 1.54) is 4.88 Å². The first-order valence-corrected chi connectivity index (χ1v) is 11.1. The van der Waals surface area contributed by atoms with Gasteiger partial charge in [-0.15, -0.1) is 11.3 Å². The van der Waals surface area contributed by atoms with Crippen LogP contribution in [0.4, 0.5) is 0 Å². The maximum absolute atomic E-state index is 12.5. The third-order valence-electron chi connectivity index (χ3n) is 4.82. The van der Waals surface area contributed by atoms with Crippen LogP contribution in [0.15, 0.2) is 41.2 Å². The summed E-state index contributed by atoms with van der Waals surface area (Å²) in [7, 11) is 0. The van der Waals surface area contributed by atoms with Gasteiger partial charge < -0.3 is 10.1 Å². The predicted molar refractivity (Wildman–Crippen MR) is 121 cm³/mol. The summed E-state index contributed by atoms with van der Waals surface area (Å²) in [6.45, 7) is 10.4. The van der Waals surface area contributed by atoms with Crippen molar-refractivity contribution in [1.29, 1.82) is 0 Å². The van der Waals surface area contributed by atoms with Crippen molar-refractivity contribution in [2.75, 3.05) is 13.1 Å². The van der Waals surface area contributed by atoms with Gasteiger partial charge in [-0.2, -0.15) is 0 Å². The first-order chi connectivity index (χ1) is 13.8. The van der Waals surface area contributed by atoms with Crippen LogP contribution in [0.2, 0.25) is 0 Å². The number of benzene rings is 1. The zero-order valence-electron chi connectivity index (χ0n) is 17.7. The van der Waals surface area contributed by atoms with Gasteiger partial charge in [0.25, 0.3) is 5.56 Å². The molecular weight excluding hydrogens is 382 g/mol. The number of hydrogen-bond acceptors (Lipinski definition) is 5. The van der Waals surface area contributed by atoms with Crippen LogP contribution in [0.25, 0.3) is 10.2 Å². The van der Waals surface area contributed by atoms with Gasteiger partial charge in [0.15, 0.2) is 0 Å². The molecule has 0 spiro atoms. The topological polar surface area (TPSA) is 69.2 Å². The van der Waals surface area contributed by atoms with E-state index in [4.69, 9.17) is 4.98 Å². The SMILES string of the molecule is CC(C)CN(Cc1nc2sc(C(C)C)cc2c(=O)[nH]1)CC(O)Cc1ccccc1. The molecule has 2 N–H and O–H groups in total. The third kappa shape index (κ3) is 5.98. The quantitative estimate of drug-likeness (QED) is 0.552. The second-order valence-corrected chi connectivity index (χ2v) is 9.53. The standard InChI is InChI=1S/C23H31N3O2S/c1-15(2)12-26(13-18(27)10-17-8-6-5-7-9-17)14-21-24-22(28)19-11-20(16(3)4)29-23(19)25-21/h5-9,11,15-16,18,27H,10,12-14H2,1-4H3,(H,24,25,28). The number of nitrogens with zero attached hydrogens (tertiary/aromatic N) is 2. The Labute approximate surface area is 176 Å². The molecule has 1 unspecified atom stereocenters. The van der Waals surface area contributed by atoms with Gasteiger partial charge in [0.2, 0.25) is 0 Å². The largest absolute Gasteiger partial charge is 0.391 e. The van der Waals surface area contributed by atoms with Crippen molar-refractivity contribution in [1.82, 2.24) is 14.9 Å². The average Bonchev–Trinajstić information content (AvgIpc) is 3.07. The lowest BCUT2D eigenvalue weighted by Gasteiger charge is -2.26. The van der Waals surface area contributed by atoms with Crippen LogP contribution in [0.5, 0.6) is 0 Å². The second kappa shape index (κ2) is 9.65. The Hall–Kier alpha value is -2.02. The third-order valence-corrected chi connectivity index (χ3v) is 6.15. The molecule has 0 radical (unpaired) electrons. The van der Waals surface area contributed by atoms with Crippen LogP contribution in [0.3, 0.4) is 0 Å². The molecule has 1 atom stereocenters. The van der Waals surface area contributed by atoms with E-state index >= 15 is 0 Å². The maximum atomic E-state index is 12.5. The zero-order valence-corrected chi connectivity index (χ0v) is 18.5. The molecule has 29 heavy (non-hydrogen) atoms. The van der Waals surface area contributed by atoms with Crippen molar-refractivity contribution in [3.8, 4) is 0 Å². The molecule has 0 aliphatic rings. The molecule has 156 valence electrons. The average molecular weight is 414 g/mol. The van der Waals surface area contributed by atoms with E-state index in [0.29, 0.717) is 42.6 Å². The Balaban J connectivity index is 1.76. The lowest BCUT2D eigenvalue weighted by atomic mass is 10.1. The summed E-state index contributed by atoms with van der Waals surface area (Å²) in [5, 5.41) is 11.3. The number of aliphatic hydroxyl groups is 1. The van der Waals surface area contributed by atoms with E-state index < -0.39 is 6.10 Å². The molecule has 0 bridgehead atoms. The fourth-order valence-corrected chi connectivity index (χ4v) is 4.59. The number of H-pyrrole nitrogens is 1. The van der Waals surface area contributed by atoms with Crippen molar-refractivity contribution in [3.63, 3.8) is 0 Å². The molecule has 0 saturated carbocycles. The van der Waals surface area contributed by atoms with Gasteiger partial charge in [-0.25, -0.2) is 4.98 Å². The number of aromatic amines is 1. The van der Waals surface area contributed by atoms with E-state index in [1.807, 2.05) is 36.4 Å². The molecule has 2 aromatic heterocycles. The number of nitrogens with one attached hydrogen (secondary N) is 1. The first kappa shape index (κ1) is 21.7. The Morgan fingerprint density at radius 1 is 1.14 bits per heavy atom. The molecular formula is C23H31N3O2S. The minimum atomic E-state index is -0.471. The fraction of sp³-hybridized carbons (Fsp3) is 0.478. The van der Waals surface area contributed by atoms with Gasteiger partial charge in [0.05, 0.1) is 18.0 Å². The normalized spacial score (nSPS) is 13.1. The van der Waals surface area contributed by atoms with Crippen LogP contribution < -0.4 is 5.56 Å². The van der Waals surface area contributed by atoms with Gasteiger partial charge in [-0.05, 0) is 29.9 Å². The second-order valence-electron chi connectivity index (χ2n) is 8.47. The van der Waals surface area contributed by atoms with Crippen molar-refractivity contribution < 1.29 is 5.11 Å². The number of hydrogen-bond donors (Lipinski definition) is 2. The van der Waals surface area contributed by atoms with Crippen molar-refractivity contribution in [2.24, 2.45) is 5.92 Å². The minimum Gasteiger partial charge on any atom is -0.391 e. The summed E-state index contributed by atoms with van der Waals surface area (Å²) in [5.41, 5.74) is 1.04. The molecule has 5 nitrogen and oxygen atoms in total. The van der Waals surface area contributed by atoms with E-state index in [0.717, 1.165) is 16.9 Å². The van der Waals surface area contributed by atoms with Crippen molar-refractivity contribution >= 4 is 21.6 Å². The smallest absolute Gasteiger partial charge is 0.259 e. The first-order valence-electron chi connectivity index (χ1n) is 10.3. The predicted octanol–water partition coefficient (Wildman–Crippen LogP) is 4.17. The van der Waals surface area contributed by atoms with E-state index in [1.54, 1.807) is 11.3 Å². The molecule has 0 saturated heterocycles. The molecule has 6 heteroatoms. The van der Waals surface area contributed by atoms with Crippen molar-refractivity contribution in [2.45, 2.75) is 52.7 Å². The Bertz CT molecular complexity index is 979. The summed E-state index contributed by atoms with van der Waals surface area (Å²) in [6, 6.07) is 12.0. The highest BCUT2D eigenvalue weighted by Gasteiger charge is 2.17. The molecule has 0 aliphatic carbocycles. The van der Waals surface area contributed by atoms with Gasteiger partial charge in [-0.3, -0.25) is 9.69 Å². The maximum Gasteiger partial charge on any atom is 0.259 e. The summed E-state index contributed by atoms with van der Waals surface area (Å²) in [5.74, 6) is 1.48. The summed E-state index contributed by atoms with van der Waals surface area (Å²) < 4.78 is 0. The fourth-order valence-electron chi connectivity index (χ4n) is 3.53. The van der Waals surface area contributed by atoms with Crippen molar-refractivity contribution in [3.05, 3.63) is 63.0 Å². The number of fused-ring (bicyclic) bond motifs is 1. The lowest BCUT2D eigenvalue weighted by molar-refractivity contribution is 0.100. The van der Waals surface area contributed by atoms with Gasteiger partial charge in [0.1, 0.15) is 10.7 Å². The highest BCUT2D eigenvalue weighted by molar-refractivity contribution is 7.18. The van der Waals surface area contributed by atoms with Gasteiger partial charge >= 0.3 is 0 Å². The van der Waals surface area contributed by atoms with Crippen LogP contribution in [-0.2, 0) is 13.0 Å². The van der Waals surface area contributed by atoms with Gasteiger partial charge in [-0.1, -0.05) is 58.0 Å². The lowest BCUT2D eigenvalue weighted by Crippen LogP contribution is -2.36. The Kier molecular flexibility index (Phi) is 7.22. The minimum absolute atomic E-state index is 0.0810. The molecule has 3 rings (SSSR count). The number of rotatable bonds is 9. The van der Waals surface area contributed by atoms with Crippen LogP contribution >= 0.6 is 11.3 Å². The molecule has 2 heterocycles. The monoisotopic (exact) mass is 413 g/mol. The summed E-state index contributed by atoms with van der Waals surface area (Å²) >= 11 is 1.59. The molecule has 0 aliphatic heterocycles. The molecule has 1 aromatic carbocycles. The summed E-state index contributed by atoms with van der Waals surface area (Å²) in [6.07, 6.45) is 0.141. The Morgan fingerprint density at radius 2 is 1.86 bits per heavy atom. The number of thiophene rings is 1. The van der Waals surface area contributed by atoms with Gasteiger partial charge in [0, 0.05) is 18.0 Å². The zero-order chi connectivity index (χ0) is 21.0. The molecule has 3 aromatic rings. The highest BCUT2D eigenvalue weighted by atomic mass is 32.1. The molecule has 0 amide bonds. The van der Waals surface area contributed by atoms with E-state index in [2.05, 4.69) is 37.6 Å². The number of aliphatic hydroxyl groups excluding tert-OH is 1. The highest BCUT2D eigenvalue weighted by Crippen LogP contribution is 2.27.